The summed E-state index contributed by atoms with van der Waals surface area (Å²) in [4.78, 5) is 0. The third-order valence-corrected chi connectivity index (χ3v) is 1.56. The van der Waals surface area contributed by atoms with Crippen LogP contribution in [-0.4, -0.2) is 7.05 Å². The Balaban J connectivity index is 3.28. The second-order valence-corrected chi connectivity index (χ2v) is 2.48. The van der Waals surface area contributed by atoms with Crippen molar-refractivity contribution >= 4 is 0 Å². The molecule has 0 radical (unpaired) electrons. The molecule has 0 spiro atoms. The average Bonchev–Trinajstić information content (AvgIpc) is 2.09. The monoisotopic (exact) mass is 193 g/mol. The van der Waals surface area contributed by atoms with Crippen molar-refractivity contribution in [2.24, 2.45) is 0 Å². The van der Waals surface area contributed by atoms with Crippen molar-refractivity contribution in [3.8, 4) is 0 Å². The molecule has 0 aromatic heterocycles. The van der Waals surface area contributed by atoms with Crippen molar-refractivity contribution in [3.05, 3.63) is 34.9 Å². The summed E-state index contributed by atoms with van der Waals surface area (Å²) in [6, 6.07) is 0.184. The summed E-state index contributed by atoms with van der Waals surface area (Å²) < 4.78 is 50.7. The van der Waals surface area contributed by atoms with Gasteiger partial charge in [-0.3, -0.25) is 0 Å². The molecule has 1 rings (SSSR count). The number of hydrogen-bond acceptors (Lipinski definition) is 1. The standard InChI is InChI=1S/C8H7F4N/c1-13-3-4-7(11)5(9)2-6(10)8(4)12/h2,13H,3H2,1H3. The first kappa shape index (κ1) is 9.98. The predicted molar refractivity (Wildman–Crippen MR) is 39.0 cm³/mol. The highest BCUT2D eigenvalue weighted by Gasteiger charge is 2.17. The molecule has 0 bridgehead atoms. The number of halogens is 4. The fraction of sp³-hybridized carbons (Fsp3) is 0.250. The first-order valence-electron chi connectivity index (χ1n) is 3.54. The highest BCUT2D eigenvalue weighted by molar-refractivity contribution is 5.22. The first-order chi connectivity index (χ1) is 6.07. The highest BCUT2D eigenvalue weighted by Crippen LogP contribution is 2.18. The van der Waals surface area contributed by atoms with Crippen LogP contribution in [0.5, 0.6) is 0 Å². The van der Waals surface area contributed by atoms with Crippen LogP contribution in [0.3, 0.4) is 0 Å². The number of nitrogens with one attached hydrogen (secondary N) is 1. The van der Waals surface area contributed by atoms with Crippen molar-refractivity contribution in [3.63, 3.8) is 0 Å². The fourth-order valence-electron chi connectivity index (χ4n) is 0.955. The molecule has 0 heterocycles. The van der Waals surface area contributed by atoms with E-state index in [1.54, 1.807) is 0 Å². The zero-order valence-corrected chi connectivity index (χ0v) is 6.80. The molecule has 0 unspecified atom stereocenters. The Hall–Kier alpha value is -1.10. The van der Waals surface area contributed by atoms with Gasteiger partial charge in [-0.1, -0.05) is 0 Å². The lowest BCUT2D eigenvalue weighted by molar-refractivity contribution is 0.435. The molecular weight excluding hydrogens is 186 g/mol. The van der Waals surface area contributed by atoms with Crippen LogP contribution in [-0.2, 0) is 6.54 Å². The topological polar surface area (TPSA) is 12.0 Å². The molecule has 72 valence electrons. The lowest BCUT2D eigenvalue weighted by Gasteiger charge is -2.05. The lowest BCUT2D eigenvalue weighted by Crippen LogP contribution is -2.11. The second kappa shape index (κ2) is 3.74. The molecular formula is C8H7F4N. The molecule has 5 heteroatoms. The number of benzene rings is 1. The van der Waals surface area contributed by atoms with Gasteiger partial charge >= 0.3 is 0 Å². The maximum atomic E-state index is 12.8. The molecule has 0 saturated heterocycles. The Morgan fingerprint density at radius 1 is 1.08 bits per heavy atom. The van der Waals surface area contributed by atoms with Crippen LogP contribution >= 0.6 is 0 Å². The van der Waals surface area contributed by atoms with Gasteiger partial charge in [0, 0.05) is 18.2 Å². The first-order valence-corrected chi connectivity index (χ1v) is 3.54. The van der Waals surface area contributed by atoms with Crippen LogP contribution < -0.4 is 5.32 Å². The van der Waals surface area contributed by atoms with Gasteiger partial charge in [-0.15, -0.1) is 0 Å². The van der Waals surface area contributed by atoms with Gasteiger partial charge in [0.2, 0.25) is 0 Å². The van der Waals surface area contributed by atoms with Crippen molar-refractivity contribution in [2.75, 3.05) is 7.05 Å². The summed E-state index contributed by atoms with van der Waals surface area (Å²) in [5.41, 5.74) is -0.625. The SMILES string of the molecule is CNCc1c(F)c(F)cc(F)c1F. The Kier molecular flexibility index (Phi) is 2.87. The molecule has 0 fully saturated rings. The molecule has 13 heavy (non-hydrogen) atoms. The van der Waals surface area contributed by atoms with Gasteiger partial charge in [0.1, 0.15) is 0 Å². The van der Waals surface area contributed by atoms with E-state index in [2.05, 4.69) is 5.32 Å². The molecule has 0 aliphatic carbocycles. The normalized spacial score (nSPS) is 10.5. The Labute approximate surface area is 72.4 Å². The molecule has 0 aliphatic rings. The summed E-state index contributed by atoms with van der Waals surface area (Å²) in [6.07, 6.45) is 0. The maximum Gasteiger partial charge on any atom is 0.166 e. The largest absolute Gasteiger partial charge is 0.315 e. The molecule has 1 aromatic carbocycles. The third-order valence-electron chi connectivity index (χ3n) is 1.56. The molecule has 0 aliphatic heterocycles. The summed E-state index contributed by atoms with van der Waals surface area (Å²) in [5.74, 6) is -5.48. The minimum atomic E-state index is -1.39. The van der Waals surface area contributed by atoms with E-state index in [0.29, 0.717) is 0 Å². The van der Waals surface area contributed by atoms with Gasteiger partial charge in [0.15, 0.2) is 23.3 Å². The summed E-state index contributed by atoms with van der Waals surface area (Å²) in [7, 11) is 1.42. The summed E-state index contributed by atoms with van der Waals surface area (Å²) in [6.45, 7) is -0.258. The van der Waals surface area contributed by atoms with Crippen molar-refractivity contribution in [1.29, 1.82) is 0 Å². The molecule has 1 nitrogen and oxygen atoms in total. The maximum absolute atomic E-state index is 12.8. The molecule has 0 saturated carbocycles. The Morgan fingerprint density at radius 2 is 1.54 bits per heavy atom. The van der Waals surface area contributed by atoms with Gasteiger partial charge < -0.3 is 5.32 Å². The highest BCUT2D eigenvalue weighted by atomic mass is 19.2. The third kappa shape index (κ3) is 1.80. The van der Waals surface area contributed by atoms with Gasteiger partial charge in [0.25, 0.3) is 0 Å². The van der Waals surface area contributed by atoms with Gasteiger partial charge in [0.05, 0.1) is 0 Å². The number of rotatable bonds is 2. The van der Waals surface area contributed by atoms with Crippen LogP contribution in [0.25, 0.3) is 0 Å². The summed E-state index contributed by atoms with van der Waals surface area (Å²) >= 11 is 0. The van der Waals surface area contributed by atoms with Crippen molar-refractivity contribution in [1.82, 2.24) is 5.32 Å². The lowest BCUT2D eigenvalue weighted by atomic mass is 10.2. The fourth-order valence-corrected chi connectivity index (χ4v) is 0.955. The molecule has 0 atom stereocenters. The Morgan fingerprint density at radius 3 is 1.92 bits per heavy atom. The van der Waals surface area contributed by atoms with Crippen LogP contribution in [0.1, 0.15) is 5.56 Å². The van der Waals surface area contributed by atoms with Crippen LogP contribution in [0.2, 0.25) is 0 Å². The van der Waals surface area contributed by atoms with Crippen LogP contribution in [0.15, 0.2) is 6.07 Å². The van der Waals surface area contributed by atoms with E-state index in [1.165, 1.54) is 7.05 Å². The summed E-state index contributed by atoms with van der Waals surface area (Å²) in [5, 5.41) is 2.41. The average molecular weight is 193 g/mol. The van der Waals surface area contributed by atoms with Gasteiger partial charge in [-0.05, 0) is 7.05 Å². The molecule has 1 N–H and O–H groups in total. The van der Waals surface area contributed by atoms with Crippen LogP contribution in [0.4, 0.5) is 17.6 Å². The zero-order chi connectivity index (χ0) is 10.0. The van der Waals surface area contributed by atoms with E-state index in [-0.39, 0.29) is 12.6 Å². The van der Waals surface area contributed by atoms with E-state index >= 15 is 0 Å². The van der Waals surface area contributed by atoms with Crippen LogP contribution in [0, 0.1) is 23.3 Å². The minimum Gasteiger partial charge on any atom is -0.315 e. The predicted octanol–water partition coefficient (Wildman–Crippen LogP) is 1.96. The molecule has 1 aromatic rings. The number of hydrogen-bond donors (Lipinski definition) is 1. The van der Waals surface area contributed by atoms with E-state index in [9.17, 15) is 17.6 Å². The van der Waals surface area contributed by atoms with E-state index in [1.807, 2.05) is 0 Å². The second-order valence-electron chi connectivity index (χ2n) is 2.48. The van der Waals surface area contributed by atoms with Crippen molar-refractivity contribution in [2.45, 2.75) is 6.54 Å². The van der Waals surface area contributed by atoms with E-state index in [4.69, 9.17) is 0 Å². The molecule has 0 amide bonds. The van der Waals surface area contributed by atoms with Crippen molar-refractivity contribution < 1.29 is 17.6 Å². The van der Waals surface area contributed by atoms with E-state index < -0.39 is 28.8 Å². The minimum absolute atomic E-state index is 0.184. The van der Waals surface area contributed by atoms with E-state index in [0.717, 1.165) is 0 Å². The van der Waals surface area contributed by atoms with Gasteiger partial charge in [-0.25, -0.2) is 17.6 Å². The smallest absolute Gasteiger partial charge is 0.166 e. The van der Waals surface area contributed by atoms with Gasteiger partial charge in [-0.2, -0.15) is 0 Å². The zero-order valence-electron chi connectivity index (χ0n) is 6.80. The quantitative estimate of drug-likeness (QED) is 0.559. The Bertz CT molecular complexity index is 298.